The number of carbonyl (C=O) groups is 1. The SMILES string of the molecule is C=CC(=O)N1Cc2nccn2CC(Cn2ncccc2=O)C1. The van der Waals surface area contributed by atoms with Crippen molar-refractivity contribution >= 4 is 5.91 Å². The number of aromatic nitrogens is 4. The Kier molecular flexibility index (Phi) is 3.86. The Labute approximate surface area is 127 Å². The molecule has 7 heteroatoms. The summed E-state index contributed by atoms with van der Waals surface area (Å²) in [6.45, 7) is 5.69. The first kappa shape index (κ1) is 14.2. The molecule has 0 aromatic carbocycles. The third kappa shape index (κ3) is 2.83. The molecule has 0 aliphatic carbocycles. The van der Waals surface area contributed by atoms with Crippen LogP contribution in [0.25, 0.3) is 0 Å². The van der Waals surface area contributed by atoms with E-state index in [1.54, 1.807) is 23.4 Å². The second kappa shape index (κ2) is 5.97. The summed E-state index contributed by atoms with van der Waals surface area (Å²) in [5.74, 6) is 0.785. The maximum atomic E-state index is 12.0. The van der Waals surface area contributed by atoms with E-state index in [4.69, 9.17) is 0 Å². The number of rotatable bonds is 3. The molecule has 0 fully saturated rings. The Bertz CT molecular complexity index is 748. The van der Waals surface area contributed by atoms with Gasteiger partial charge in [-0.15, -0.1) is 0 Å². The molecule has 7 nitrogen and oxygen atoms in total. The van der Waals surface area contributed by atoms with Gasteiger partial charge in [0.2, 0.25) is 5.91 Å². The number of hydrogen-bond donors (Lipinski definition) is 0. The Balaban J connectivity index is 1.87. The number of amides is 1. The zero-order chi connectivity index (χ0) is 15.5. The van der Waals surface area contributed by atoms with E-state index in [2.05, 4.69) is 16.7 Å². The molecule has 1 unspecified atom stereocenters. The molecule has 114 valence electrons. The summed E-state index contributed by atoms with van der Waals surface area (Å²) in [6, 6.07) is 3.10. The maximum absolute atomic E-state index is 12.0. The molecule has 1 aliphatic heterocycles. The third-order valence-corrected chi connectivity index (χ3v) is 3.77. The number of imidazole rings is 1. The fourth-order valence-corrected chi connectivity index (χ4v) is 2.72. The predicted molar refractivity (Wildman–Crippen MR) is 79.8 cm³/mol. The van der Waals surface area contributed by atoms with E-state index in [0.29, 0.717) is 26.2 Å². The number of hydrogen-bond acceptors (Lipinski definition) is 4. The molecule has 0 spiro atoms. The zero-order valence-corrected chi connectivity index (χ0v) is 12.1. The van der Waals surface area contributed by atoms with Crippen LogP contribution >= 0.6 is 0 Å². The molecule has 0 bridgehead atoms. The van der Waals surface area contributed by atoms with Crippen molar-refractivity contribution in [3.05, 3.63) is 59.6 Å². The van der Waals surface area contributed by atoms with Gasteiger partial charge in [-0.2, -0.15) is 5.10 Å². The summed E-state index contributed by atoms with van der Waals surface area (Å²) in [6.07, 6.45) is 6.52. The fraction of sp³-hybridized carbons (Fsp3) is 0.333. The quantitative estimate of drug-likeness (QED) is 0.763. The second-order valence-corrected chi connectivity index (χ2v) is 5.33. The molecule has 1 amide bonds. The largest absolute Gasteiger partial charge is 0.333 e. The average Bonchev–Trinajstić information content (AvgIpc) is 2.87. The standard InChI is InChI=1S/C15H17N5O2/c1-2-14(21)19-9-12(8-18-7-6-16-13(18)11-19)10-20-15(22)4-3-5-17-20/h2-7,12H,1,8-11H2. The van der Waals surface area contributed by atoms with E-state index in [-0.39, 0.29) is 17.4 Å². The van der Waals surface area contributed by atoms with Crippen molar-refractivity contribution < 1.29 is 4.79 Å². The van der Waals surface area contributed by atoms with Crippen LogP contribution in [-0.4, -0.2) is 36.7 Å². The summed E-state index contributed by atoms with van der Waals surface area (Å²) in [4.78, 5) is 29.8. The summed E-state index contributed by atoms with van der Waals surface area (Å²) in [7, 11) is 0. The van der Waals surface area contributed by atoms with Crippen LogP contribution in [0, 0.1) is 5.92 Å². The lowest BCUT2D eigenvalue weighted by Gasteiger charge is -2.22. The van der Waals surface area contributed by atoms with Crippen LogP contribution in [0.3, 0.4) is 0 Å². The lowest BCUT2D eigenvalue weighted by atomic mass is 10.1. The molecule has 0 N–H and O–H groups in total. The van der Waals surface area contributed by atoms with Gasteiger partial charge in [0.1, 0.15) is 5.82 Å². The molecular formula is C15H17N5O2. The molecular weight excluding hydrogens is 282 g/mol. The van der Waals surface area contributed by atoms with Gasteiger partial charge in [0.25, 0.3) is 5.56 Å². The van der Waals surface area contributed by atoms with E-state index in [0.717, 1.165) is 5.82 Å². The molecule has 0 saturated heterocycles. The topological polar surface area (TPSA) is 73.0 Å². The number of fused-ring (bicyclic) bond motifs is 1. The fourth-order valence-electron chi connectivity index (χ4n) is 2.72. The molecule has 2 aromatic heterocycles. The Morgan fingerprint density at radius 2 is 2.27 bits per heavy atom. The molecule has 1 atom stereocenters. The van der Waals surface area contributed by atoms with Gasteiger partial charge in [-0.05, 0) is 12.1 Å². The van der Waals surface area contributed by atoms with Gasteiger partial charge in [-0.25, -0.2) is 9.67 Å². The van der Waals surface area contributed by atoms with Gasteiger partial charge >= 0.3 is 0 Å². The van der Waals surface area contributed by atoms with Crippen molar-refractivity contribution in [2.24, 2.45) is 5.92 Å². The molecule has 0 radical (unpaired) electrons. The van der Waals surface area contributed by atoms with Crippen molar-refractivity contribution in [2.45, 2.75) is 19.6 Å². The van der Waals surface area contributed by atoms with Crippen molar-refractivity contribution in [1.29, 1.82) is 0 Å². The number of nitrogens with zero attached hydrogens (tertiary/aromatic N) is 5. The summed E-state index contributed by atoms with van der Waals surface area (Å²) >= 11 is 0. The molecule has 3 rings (SSSR count). The normalized spacial score (nSPS) is 17.6. The first-order chi connectivity index (χ1) is 10.7. The van der Waals surface area contributed by atoms with Gasteiger partial charge in [-0.3, -0.25) is 9.59 Å². The molecule has 3 heterocycles. The van der Waals surface area contributed by atoms with Crippen LogP contribution in [0.2, 0.25) is 0 Å². The van der Waals surface area contributed by atoms with E-state index in [1.807, 2.05) is 10.8 Å². The van der Waals surface area contributed by atoms with Gasteiger partial charge in [0, 0.05) is 43.7 Å². The summed E-state index contributed by atoms with van der Waals surface area (Å²) in [5, 5.41) is 4.09. The molecule has 0 saturated carbocycles. The monoisotopic (exact) mass is 299 g/mol. The minimum Gasteiger partial charge on any atom is -0.333 e. The van der Waals surface area contributed by atoms with Gasteiger partial charge in [0.05, 0.1) is 13.1 Å². The van der Waals surface area contributed by atoms with Crippen molar-refractivity contribution in [2.75, 3.05) is 6.54 Å². The Hall–Kier alpha value is -2.70. The van der Waals surface area contributed by atoms with Crippen LogP contribution < -0.4 is 5.56 Å². The second-order valence-electron chi connectivity index (χ2n) is 5.33. The van der Waals surface area contributed by atoms with E-state index in [1.165, 1.54) is 16.8 Å². The minimum atomic E-state index is -0.140. The average molecular weight is 299 g/mol. The third-order valence-electron chi connectivity index (χ3n) is 3.77. The molecule has 22 heavy (non-hydrogen) atoms. The van der Waals surface area contributed by atoms with E-state index >= 15 is 0 Å². The maximum Gasteiger partial charge on any atom is 0.266 e. The smallest absolute Gasteiger partial charge is 0.266 e. The zero-order valence-electron chi connectivity index (χ0n) is 12.1. The molecule has 2 aromatic rings. The van der Waals surface area contributed by atoms with Crippen molar-refractivity contribution in [3.63, 3.8) is 0 Å². The first-order valence-corrected chi connectivity index (χ1v) is 7.11. The lowest BCUT2D eigenvalue weighted by molar-refractivity contribution is -0.127. The highest BCUT2D eigenvalue weighted by molar-refractivity contribution is 5.86. The molecule has 1 aliphatic rings. The predicted octanol–water partition coefficient (Wildman–Crippen LogP) is 0.284. The van der Waals surface area contributed by atoms with E-state index < -0.39 is 0 Å². The van der Waals surface area contributed by atoms with Crippen LogP contribution in [0.15, 0.2) is 48.2 Å². The summed E-state index contributed by atoms with van der Waals surface area (Å²) < 4.78 is 3.46. The highest BCUT2D eigenvalue weighted by Gasteiger charge is 2.25. The van der Waals surface area contributed by atoms with Gasteiger partial charge in [0.15, 0.2) is 0 Å². The Morgan fingerprint density at radius 1 is 1.41 bits per heavy atom. The highest BCUT2D eigenvalue weighted by Crippen LogP contribution is 2.16. The van der Waals surface area contributed by atoms with E-state index in [9.17, 15) is 9.59 Å². The lowest BCUT2D eigenvalue weighted by Crippen LogP contribution is -2.36. The van der Waals surface area contributed by atoms with Crippen molar-refractivity contribution in [3.8, 4) is 0 Å². The number of carbonyl (C=O) groups excluding carboxylic acids is 1. The highest BCUT2D eigenvalue weighted by atomic mass is 16.2. The first-order valence-electron chi connectivity index (χ1n) is 7.11. The van der Waals surface area contributed by atoms with Crippen LogP contribution in [-0.2, 0) is 24.4 Å². The van der Waals surface area contributed by atoms with Crippen molar-refractivity contribution in [1.82, 2.24) is 24.2 Å². The Morgan fingerprint density at radius 3 is 3.05 bits per heavy atom. The van der Waals surface area contributed by atoms with Crippen LogP contribution in [0.4, 0.5) is 0 Å². The van der Waals surface area contributed by atoms with Crippen LogP contribution in [0.1, 0.15) is 5.82 Å². The van der Waals surface area contributed by atoms with Crippen LogP contribution in [0.5, 0.6) is 0 Å². The van der Waals surface area contributed by atoms with Gasteiger partial charge in [-0.1, -0.05) is 6.58 Å². The minimum absolute atomic E-state index is 0.0759. The van der Waals surface area contributed by atoms with Gasteiger partial charge < -0.3 is 9.47 Å². The summed E-state index contributed by atoms with van der Waals surface area (Å²) in [5.41, 5.74) is -0.140.